The molecule has 1 heterocycles. The molecule has 20 heavy (non-hydrogen) atoms. The van der Waals surface area contributed by atoms with Crippen LogP contribution >= 0.6 is 0 Å². The van der Waals surface area contributed by atoms with Crippen molar-refractivity contribution in [3.63, 3.8) is 0 Å². The molecule has 0 atom stereocenters. The molecule has 0 saturated carbocycles. The van der Waals surface area contributed by atoms with Gasteiger partial charge in [-0.05, 0) is 38.8 Å². The molecule has 0 aromatic heterocycles. The molecule has 108 valence electrons. The molecule has 0 unspecified atom stereocenters. The molecule has 0 bridgehead atoms. The summed E-state index contributed by atoms with van der Waals surface area (Å²) in [5.41, 5.74) is 2.30. The minimum absolute atomic E-state index is 0.363. The van der Waals surface area contributed by atoms with Crippen LogP contribution in [0.1, 0.15) is 25.3 Å². The van der Waals surface area contributed by atoms with E-state index in [-0.39, 0.29) is 0 Å². The highest BCUT2D eigenvalue weighted by atomic mass is 32.2. The zero-order valence-corrected chi connectivity index (χ0v) is 12.9. The van der Waals surface area contributed by atoms with Crippen LogP contribution in [-0.2, 0) is 10.0 Å². The van der Waals surface area contributed by atoms with Crippen LogP contribution in [0.15, 0.2) is 53.0 Å². The SMILES string of the molecule is C/C1=C\CN(S(=O)(=O)c2ccc(C)cc2)C/C=C\CC1. The van der Waals surface area contributed by atoms with Gasteiger partial charge in [0.2, 0.25) is 10.0 Å². The third kappa shape index (κ3) is 3.58. The lowest BCUT2D eigenvalue weighted by atomic mass is 10.1. The first kappa shape index (κ1) is 15.0. The summed E-state index contributed by atoms with van der Waals surface area (Å²) in [7, 11) is -3.42. The van der Waals surface area contributed by atoms with E-state index in [2.05, 4.69) is 13.0 Å². The molecule has 0 aliphatic carbocycles. The summed E-state index contributed by atoms with van der Waals surface area (Å²) in [5, 5.41) is 0. The number of allylic oxidation sites excluding steroid dienone is 2. The van der Waals surface area contributed by atoms with Gasteiger partial charge in [-0.1, -0.05) is 41.5 Å². The van der Waals surface area contributed by atoms with E-state index in [0.717, 1.165) is 18.4 Å². The fourth-order valence-corrected chi connectivity index (χ4v) is 3.44. The first-order valence-corrected chi connectivity index (χ1v) is 8.31. The van der Waals surface area contributed by atoms with E-state index >= 15 is 0 Å². The molecule has 1 aliphatic rings. The largest absolute Gasteiger partial charge is 0.243 e. The van der Waals surface area contributed by atoms with E-state index in [4.69, 9.17) is 0 Å². The molecular formula is C16H21NO2S. The fraction of sp³-hybridized carbons (Fsp3) is 0.375. The average Bonchev–Trinajstić information content (AvgIpc) is 2.51. The van der Waals surface area contributed by atoms with Gasteiger partial charge >= 0.3 is 0 Å². The summed E-state index contributed by atoms with van der Waals surface area (Å²) in [6.45, 7) is 4.87. The summed E-state index contributed by atoms with van der Waals surface area (Å²) in [6, 6.07) is 7.02. The predicted octanol–water partition coefficient (Wildman–Crippen LogP) is 3.28. The standard InChI is InChI=1S/C16H21NO2S/c1-14-6-4-3-5-12-17(13-11-14)20(18,19)16-9-7-15(2)8-10-16/h3,5,7-11H,4,6,12-13H2,1-2H3/b5-3-,14-11+. The van der Waals surface area contributed by atoms with Gasteiger partial charge in [0.25, 0.3) is 0 Å². The maximum Gasteiger partial charge on any atom is 0.243 e. The van der Waals surface area contributed by atoms with Gasteiger partial charge in [-0.3, -0.25) is 0 Å². The third-order valence-electron chi connectivity index (χ3n) is 3.48. The molecule has 1 aliphatic heterocycles. The molecule has 2 rings (SSSR count). The molecule has 3 nitrogen and oxygen atoms in total. The van der Waals surface area contributed by atoms with Gasteiger partial charge in [-0.15, -0.1) is 0 Å². The van der Waals surface area contributed by atoms with Crippen molar-refractivity contribution in [2.75, 3.05) is 13.1 Å². The van der Waals surface area contributed by atoms with Crippen molar-refractivity contribution in [3.8, 4) is 0 Å². The number of hydrogen-bond acceptors (Lipinski definition) is 2. The maximum atomic E-state index is 12.6. The number of rotatable bonds is 2. The minimum atomic E-state index is -3.42. The van der Waals surface area contributed by atoms with Gasteiger partial charge in [0.05, 0.1) is 4.90 Å². The number of hydrogen-bond donors (Lipinski definition) is 0. The van der Waals surface area contributed by atoms with Crippen molar-refractivity contribution < 1.29 is 8.42 Å². The second kappa shape index (κ2) is 6.37. The molecule has 0 fully saturated rings. The molecule has 1 aromatic rings. The Morgan fingerprint density at radius 3 is 2.40 bits per heavy atom. The van der Waals surface area contributed by atoms with E-state index in [1.54, 1.807) is 12.1 Å². The summed E-state index contributed by atoms with van der Waals surface area (Å²) in [4.78, 5) is 0.363. The van der Waals surface area contributed by atoms with Gasteiger partial charge in [-0.25, -0.2) is 8.42 Å². The van der Waals surface area contributed by atoms with Crippen LogP contribution in [0.2, 0.25) is 0 Å². The van der Waals surface area contributed by atoms with Crippen molar-refractivity contribution in [2.45, 2.75) is 31.6 Å². The Morgan fingerprint density at radius 2 is 1.70 bits per heavy atom. The van der Waals surface area contributed by atoms with Crippen LogP contribution in [-0.4, -0.2) is 25.8 Å². The van der Waals surface area contributed by atoms with E-state index in [1.165, 1.54) is 9.88 Å². The predicted molar refractivity (Wildman–Crippen MR) is 82.1 cm³/mol. The highest BCUT2D eigenvalue weighted by molar-refractivity contribution is 7.89. The Hall–Kier alpha value is -1.39. The summed E-state index contributed by atoms with van der Waals surface area (Å²) in [5.74, 6) is 0. The Labute approximate surface area is 121 Å². The summed E-state index contributed by atoms with van der Waals surface area (Å²) in [6.07, 6.45) is 7.98. The van der Waals surface area contributed by atoms with Crippen LogP contribution in [0.5, 0.6) is 0 Å². The highest BCUT2D eigenvalue weighted by Crippen LogP contribution is 2.18. The lowest BCUT2D eigenvalue weighted by molar-refractivity contribution is 0.473. The second-order valence-corrected chi connectivity index (χ2v) is 7.13. The number of benzene rings is 1. The topological polar surface area (TPSA) is 37.4 Å². The normalized spacial score (nSPS) is 22.2. The summed E-state index contributed by atoms with van der Waals surface area (Å²) < 4.78 is 26.8. The summed E-state index contributed by atoms with van der Waals surface area (Å²) >= 11 is 0. The van der Waals surface area contributed by atoms with Gasteiger partial charge in [-0.2, -0.15) is 4.31 Å². The average molecular weight is 291 g/mol. The third-order valence-corrected chi connectivity index (χ3v) is 5.33. The first-order chi connectivity index (χ1) is 9.50. The van der Waals surface area contributed by atoms with Crippen molar-refractivity contribution in [1.82, 2.24) is 4.31 Å². The van der Waals surface area contributed by atoms with Gasteiger partial charge in [0.1, 0.15) is 0 Å². The van der Waals surface area contributed by atoms with Gasteiger partial charge < -0.3 is 0 Å². The molecule has 0 radical (unpaired) electrons. The minimum Gasteiger partial charge on any atom is -0.207 e. The van der Waals surface area contributed by atoms with Gasteiger partial charge in [0.15, 0.2) is 0 Å². The molecule has 4 heteroatoms. The lowest BCUT2D eigenvalue weighted by Crippen LogP contribution is -2.31. The van der Waals surface area contributed by atoms with E-state index in [0.29, 0.717) is 18.0 Å². The van der Waals surface area contributed by atoms with Crippen molar-refractivity contribution >= 4 is 10.0 Å². The van der Waals surface area contributed by atoms with Crippen LogP contribution in [0.25, 0.3) is 0 Å². The van der Waals surface area contributed by atoms with Crippen LogP contribution in [0.3, 0.4) is 0 Å². The van der Waals surface area contributed by atoms with E-state index in [9.17, 15) is 8.42 Å². The smallest absolute Gasteiger partial charge is 0.207 e. The molecule has 0 spiro atoms. The number of sulfonamides is 1. The Morgan fingerprint density at radius 1 is 1.00 bits per heavy atom. The zero-order chi connectivity index (χ0) is 14.6. The van der Waals surface area contributed by atoms with E-state index in [1.807, 2.05) is 31.2 Å². The Bertz CT molecular complexity index is 612. The molecule has 0 saturated heterocycles. The number of aryl methyl sites for hydroxylation is 1. The zero-order valence-electron chi connectivity index (χ0n) is 12.0. The molecular weight excluding hydrogens is 270 g/mol. The van der Waals surface area contributed by atoms with Crippen LogP contribution < -0.4 is 0 Å². The first-order valence-electron chi connectivity index (χ1n) is 6.87. The molecule has 0 N–H and O–H groups in total. The quantitative estimate of drug-likeness (QED) is 0.784. The molecule has 1 aromatic carbocycles. The molecule has 0 amide bonds. The lowest BCUT2D eigenvalue weighted by Gasteiger charge is -2.19. The Balaban J connectivity index is 2.31. The van der Waals surface area contributed by atoms with Crippen molar-refractivity contribution in [3.05, 3.63) is 53.6 Å². The van der Waals surface area contributed by atoms with Crippen molar-refractivity contribution in [2.24, 2.45) is 0 Å². The highest BCUT2D eigenvalue weighted by Gasteiger charge is 2.22. The van der Waals surface area contributed by atoms with Crippen LogP contribution in [0.4, 0.5) is 0 Å². The fourth-order valence-electron chi connectivity index (χ4n) is 2.11. The monoisotopic (exact) mass is 291 g/mol. The maximum absolute atomic E-state index is 12.6. The second-order valence-electron chi connectivity index (χ2n) is 5.20. The van der Waals surface area contributed by atoms with Crippen molar-refractivity contribution in [1.29, 1.82) is 0 Å². The Kier molecular flexibility index (Phi) is 4.78. The number of nitrogens with zero attached hydrogens (tertiary/aromatic N) is 1. The van der Waals surface area contributed by atoms with Crippen LogP contribution in [0, 0.1) is 6.92 Å². The van der Waals surface area contributed by atoms with Gasteiger partial charge in [0, 0.05) is 13.1 Å². The van der Waals surface area contributed by atoms with E-state index < -0.39 is 10.0 Å².